The maximum absolute atomic E-state index is 13.1. The minimum atomic E-state index is -0.405. The van der Waals surface area contributed by atoms with Crippen LogP contribution in [-0.4, -0.2) is 6.26 Å². The van der Waals surface area contributed by atoms with E-state index in [1.54, 1.807) is 12.1 Å². The topological polar surface area (TPSA) is 26.0 Å². The normalized spacial score (nSPS) is 11.8. The zero-order valence-corrected chi connectivity index (χ0v) is 8.91. The van der Waals surface area contributed by atoms with E-state index in [0.29, 0.717) is 4.90 Å². The summed E-state index contributed by atoms with van der Waals surface area (Å²) in [6, 6.07) is 5.00. The molecule has 1 aromatic rings. The molecule has 3 heteroatoms. The minimum Gasteiger partial charge on any atom is -0.322 e. The Morgan fingerprint density at radius 2 is 2.00 bits per heavy atom. The molecule has 0 atom stereocenters. The van der Waals surface area contributed by atoms with Crippen molar-refractivity contribution in [2.24, 2.45) is 5.73 Å². The highest BCUT2D eigenvalue weighted by atomic mass is 32.2. The average molecular weight is 199 g/mol. The van der Waals surface area contributed by atoms with Gasteiger partial charge in [0.05, 0.1) is 0 Å². The van der Waals surface area contributed by atoms with Crippen molar-refractivity contribution >= 4 is 11.8 Å². The van der Waals surface area contributed by atoms with Gasteiger partial charge in [0.1, 0.15) is 5.82 Å². The van der Waals surface area contributed by atoms with Gasteiger partial charge in [-0.2, -0.15) is 0 Å². The van der Waals surface area contributed by atoms with Crippen LogP contribution in [0.5, 0.6) is 0 Å². The predicted molar refractivity (Wildman–Crippen MR) is 55.4 cm³/mol. The quantitative estimate of drug-likeness (QED) is 0.741. The summed E-state index contributed by atoms with van der Waals surface area (Å²) in [5.74, 6) is -0.180. The second kappa shape index (κ2) is 3.68. The lowest BCUT2D eigenvalue weighted by atomic mass is 9.96. The van der Waals surface area contributed by atoms with Gasteiger partial charge in [-0.05, 0) is 37.8 Å². The third-order valence-corrected chi connectivity index (χ3v) is 2.65. The van der Waals surface area contributed by atoms with Crippen molar-refractivity contribution in [3.05, 3.63) is 29.6 Å². The van der Waals surface area contributed by atoms with Gasteiger partial charge in [0, 0.05) is 10.4 Å². The zero-order valence-electron chi connectivity index (χ0n) is 8.10. The second-order valence-corrected chi connectivity index (χ2v) is 4.42. The van der Waals surface area contributed by atoms with Crippen molar-refractivity contribution in [2.45, 2.75) is 24.3 Å². The average Bonchev–Trinajstić information content (AvgIpc) is 2.03. The highest BCUT2D eigenvalue weighted by Gasteiger charge is 2.15. The molecule has 0 amide bonds. The molecule has 2 N–H and O–H groups in total. The fraction of sp³-hybridized carbons (Fsp3) is 0.400. The molecule has 72 valence electrons. The van der Waals surface area contributed by atoms with E-state index < -0.39 is 5.54 Å². The van der Waals surface area contributed by atoms with Gasteiger partial charge >= 0.3 is 0 Å². The molecule has 1 nitrogen and oxygen atoms in total. The summed E-state index contributed by atoms with van der Waals surface area (Å²) in [4.78, 5) is 0.649. The van der Waals surface area contributed by atoms with Crippen molar-refractivity contribution in [2.75, 3.05) is 6.26 Å². The fourth-order valence-corrected chi connectivity index (χ4v) is 1.57. The Morgan fingerprint density at radius 3 is 2.46 bits per heavy atom. The largest absolute Gasteiger partial charge is 0.322 e. The lowest BCUT2D eigenvalue weighted by molar-refractivity contribution is 0.545. The molecule has 0 radical (unpaired) electrons. The summed E-state index contributed by atoms with van der Waals surface area (Å²) in [6.07, 6.45) is 1.85. The Balaban J connectivity index is 3.14. The highest BCUT2D eigenvalue weighted by molar-refractivity contribution is 7.98. The molecule has 0 aliphatic carbocycles. The number of hydrogen-bond acceptors (Lipinski definition) is 2. The number of benzene rings is 1. The fourth-order valence-electron chi connectivity index (χ4n) is 1.06. The van der Waals surface area contributed by atoms with Crippen LogP contribution in [0.25, 0.3) is 0 Å². The van der Waals surface area contributed by atoms with Gasteiger partial charge in [-0.1, -0.05) is 6.07 Å². The van der Waals surface area contributed by atoms with Crippen LogP contribution in [0.2, 0.25) is 0 Å². The van der Waals surface area contributed by atoms with Crippen LogP contribution in [0, 0.1) is 5.82 Å². The smallest absolute Gasteiger partial charge is 0.136 e. The molecule has 0 unspecified atom stereocenters. The van der Waals surface area contributed by atoms with Gasteiger partial charge in [0.25, 0.3) is 0 Å². The SMILES string of the molecule is CSc1cc(C(C)(C)N)ccc1F. The summed E-state index contributed by atoms with van der Waals surface area (Å²) >= 11 is 1.40. The van der Waals surface area contributed by atoms with Crippen molar-refractivity contribution in [3.63, 3.8) is 0 Å². The number of thioether (sulfide) groups is 1. The van der Waals surface area contributed by atoms with E-state index in [1.807, 2.05) is 20.1 Å². The number of nitrogens with two attached hydrogens (primary N) is 1. The van der Waals surface area contributed by atoms with E-state index in [4.69, 9.17) is 5.73 Å². The maximum atomic E-state index is 13.1. The Morgan fingerprint density at radius 1 is 1.38 bits per heavy atom. The van der Waals surface area contributed by atoms with Gasteiger partial charge in [-0.3, -0.25) is 0 Å². The first-order valence-corrected chi connectivity index (χ1v) is 5.30. The van der Waals surface area contributed by atoms with E-state index in [1.165, 1.54) is 17.8 Å². The second-order valence-electron chi connectivity index (χ2n) is 3.57. The van der Waals surface area contributed by atoms with E-state index in [-0.39, 0.29) is 5.82 Å². The van der Waals surface area contributed by atoms with Gasteiger partial charge in [0.2, 0.25) is 0 Å². The van der Waals surface area contributed by atoms with Crippen molar-refractivity contribution in [3.8, 4) is 0 Å². The summed E-state index contributed by atoms with van der Waals surface area (Å²) in [5.41, 5.74) is 6.45. The van der Waals surface area contributed by atoms with Gasteiger partial charge in [-0.25, -0.2) is 4.39 Å². The lowest BCUT2D eigenvalue weighted by Crippen LogP contribution is -2.28. The van der Waals surface area contributed by atoms with Gasteiger partial charge < -0.3 is 5.73 Å². The molecule has 0 saturated carbocycles. The van der Waals surface area contributed by atoms with Gasteiger partial charge in [-0.15, -0.1) is 11.8 Å². The molecule has 0 aliphatic heterocycles. The molecule has 13 heavy (non-hydrogen) atoms. The maximum Gasteiger partial charge on any atom is 0.136 e. The van der Waals surface area contributed by atoms with Crippen LogP contribution in [0.1, 0.15) is 19.4 Å². The molecule has 0 heterocycles. The monoisotopic (exact) mass is 199 g/mol. The summed E-state index contributed by atoms with van der Waals surface area (Å²) in [5, 5.41) is 0. The highest BCUT2D eigenvalue weighted by Crippen LogP contribution is 2.25. The first-order chi connectivity index (χ1) is 5.95. The van der Waals surface area contributed by atoms with Crippen LogP contribution < -0.4 is 5.73 Å². The molecule has 0 fully saturated rings. The molecule has 1 rings (SSSR count). The molecule has 0 bridgehead atoms. The molecule has 0 aliphatic rings. The molecule has 1 aromatic carbocycles. The van der Waals surface area contributed by atoms with Gasteiger partial charge in [0.15, 0.2) is 0 Å². The molecular weight excluding hydrogens is 185 g/mol. The third kappa shape index (κ3) is 2.45. The van der Waals surface area contributed by atoms with Crippen molar-refractivity contribution in [1.29, 1.82) is 0 Å². The first kappa shape index (κ1) is 10.5. The number of hydrogen-bond donors (Lipinski definition) is 1. The van der Waals surface area contributed by atoms with E-state index >= 15 is 0 Å². The van der Waals surface area contributed by atoms with E-state index in [0.717, 1.165) is 5.56 Å². The summed E-state index contributed by atoms with van der Waals surface area (Å²) in [7, 11) is 0. The van der Waals surface area contributed by atoms with E-state index in [9.17, 15) is 4.39 Å². The lowest BCUT2D eigenvalue weighted by Gasteiger charge is -2.19. The standard InChI is InChI=1S/C10H14FNS/c1-10(2,12)7-4-5-8(11)9(6-7)13-3/h4-6H,12H2,1-3H3. The Labute approximate surface area is 82.5 Å². The Kier molecular flexibility index (Phi) is 2.98. The molecule has 0 spiro atoms. The molecular formula is C10H14FNS. The summed E-state index contributed by atoms with van der Waals surface area (Å²) < 4.78 is 13.1. The number of rotatable bonds is 2. The third-order valence-electron chi connectivity index (χ3n) is 1.90. The van der Waals surface area contributed by atoms with Crippen molar-refractivity contribution < 1.29 is 4.39 Å². The predicted octanol–water partition coefficient (Wildman–Crippen LogP) is 2.74. The zero-order chi connectivity index (χ0) is 10.1. The van der Waals surface area contributed by atoms with Crippen LogP contribution in [-0.2, 0) is 5.54 Å². The van der Waals surface area contributed by atoms with Crippen LogP contribution >= 0.6 is 11.8 Å². The number of halogens is 1. The van der Waals surface area contributed by atoms with Crippen LogP contribution in [0.4, 0.5) is 4.39 Å². The minimum absolute atomic E-state index is 0.180. The molecule has 0 aromatic heterocycles. The van der Waals surface area contributed by atoms with E-state index in [2.05, 4.69) is 0 Å². The van der Waals surface area contributed by atoms with Crippen molar-refractivity contribution in [1.82, 2.24) is 0 Å². The molecule has 0 saturated heterocycles. The Bertz CT molecular complexity index is 304. The summed E-state index contributed by atoms with van der Waals surface area (Å²) in [6.45, 7) is 3.81. The van der Waals surface area contributed by atoms with Crippen LogP contribution in [0.15, 0.2) is 23.1 Å². The first-order valence-electron chi connectivity index (χ1n) is 4.08. The Hall–Kier alpha value is -0.540. The van der Waals surface area contributed by atoms with Crippen LogP contribution in [0.3, 0.4) is 0 Å².